The number of hydrogen-bond donors (Lipinski definition) is 1. The highest BCUT2D eigenvalue weighted by atomic mass is 32.2. The molecular weight excluding hydrogens is 426 g/mol. The zero-order valence-electron chi connectivity index (χ0n) is 18.2. The smallest absolute Gasteiger partial charge is 0.411 e. The van der Waals surface area contributed by atoms with Crippen molar-refractivity contribution in [1.29, 1.82) is 0 Å². The topological polar surface area (TPSA) is 114 Å². The van der Waals surface area contributed by atoms with Crippen molar-refractivity contribution in [3.05, 3.63) is 24.3 Å². The van der Waals surface area contributed by atoms with E-state index in [9.17, 15) is 18.0 Å². The first kappa shape index (κ1) is 25.1. The molecule has 10 nitrogen and oxygen atoms in total. The molecule has 1 atom stereocenters. The van der Waals surface area contributed by atoms with E-state index in [1.165, 1.54) is 35.7 Å². The Morgan fingerprint density at radius 2 is 1.71 bits per heavy atom. The third kappa shape index (κ3) is 6.89. The highest BCUT2D eigenvalue weighted by Crippen LogP contribution is 2.26. The molecule has 1 fully saturated rings. The second-order valence-electron chi connectivity index (χ2n) is 7.15. The average Bonchev–Trinajstić information content (AvgIpc) is 2.79. The van der Waals surface area contributed by atoms with E-state index in [0.29, 0.717) is 51.4 Å². The maximum absolute atomic E-state index is 13.1. The number of rotatable bonds is 10. The zero-order valence-corrected chi connectivity index (χ0v) is 19.0. The SMILES string of the molecule is COCCN(CCOC)C(=O)[C@@H]1CCCN(S(=O)(=O)c2ccc(NC(=O)OC)cc2)C1. The lowest BCUT2D eigenvalue weighted by molar-refractivity contribution is -0.138. The van der Waals surface area contributed by atoms with E-state index in [2.05, 4.69) is 10.1 Å². The highest BCUT2D eigenvalue weighted by molar-refractivity contribution is 7.89. The van der Waals surface area contributed by atoms with Crippen LogP contribution in [0.25, 0.3) is 0 Å². The third-order valence-electron chi connectivity index (χ3n) is 5.10. The maximum Gasteiger partial charge on any atom is 0.411 e. The number of nitrogens with one attached hydrogen (secondary N) is 1. The molecule has 2 amide bonds. The summed E-state index contributed by atoms with van der Waals surface area (Å²) in [7, 11) is 0.613. The molecule has 1 aliphatic heterocycles. The van der Waals surface area contributed by atoms with Crippen LogP contribution >= 0.6 is 0 Å². The van der Waals surface area contributed by atoms with Crippen molar-refractivity contribution < 1.29 is 32.2 Å². The number of carbonyl (C=O) groups excluding carboxylic acids is 2. The van der Waals surface area contributed by atoms with Crippen LogP contribution in [0.5, 0.6) is 0 Å². The first-order valence-electron chi connectivity index (χ1n) is 10.0. The molecule has 0 saturated carbocycles. The van der Waals surface area contributed by atoms with Crippen molar-refractivity contribution in [2.45, 2.75) is 17.7 Å². The van der Waals surface area contributed by atoms with E-state index in [1.54, 1.807) is 19.1 Å². The number of ether oxygens (including phenoxy) is 3. The van der Waals surface area contributed by atoms with Crippen LogP contribution in [-0.4, -0.2) is 90.3 Å². The summed E-state index contributed by atoms with van der Waals surface area (Å²) in [5.41, 5.74) is 0.421. The standard InChI is InChI=1S/C20H31N3O7S/c1-28-13-11-22(12-14-29-2)19(24)16-5-4-10-23(15-16)31(26,27)18-8-6-17(7-9-18)21-20(25)30-3/h6-9,16H,4-5,10-15H2,1-3H3,(H,21,25)/t16-/m1/s1. The zero-order chi connectivity index (χ0) is 22.9. The molecule has 0 spiro atoms. The Morgan fingerprint density at radius 1 is 1.10 bits per heavy atom. The van der Waals surface area contributed by atoms with Crippen LogP contribution in [0.4, 0.5) is 10.5 Å². The molecule has 1 aromatic rings. The fourth-order valence-corrected chi connectivity index (χ4v) is 4.91. The van der Waals surface area contributed by atoms with Crippen molar-refractivity contribution in [1.82, 2.24) is 9.21 Å². The number of methoxy groups -OCH3 is 3. The number of anilines is 1. The molecule has 1 aliphatic rings. The lowest BCUT2D eigenvalue weighted by Crippen LogP contribution is -2.48. The van der Waals surface area contributed by atoms with Gasteiger partial charge in [-0.25, -0.2) is 13.2 Å². The van der Waals surface area contributed by atoms with Crippen LogP contribution in [0.1, 0.15) is 12.8 Å². The number of amides is 2. The van der Waals surface area contributed by atoms with Gasteiger partial charge < -0.3 is 19.1 Å². The van der Waals surface area contributed by atoms with Crippen LogP contribution in [0, 0.1) is 5.92 Å². The second-order valence-corrected chi connectivity index (χ2v) is 9.09. The number of carbonyl (C=O) groups is 2. The van der Waals surface area contributed by atoms with Gasteiger partial charge in [0.05, 0.1) is 31.1 Å². The van der Waals surface area contributed by atoms with Gasteiger partial charge in [-0.1, -0.05) is 0 Å². The van der Waals surface area contributed by atoms with Gasteiger partial charge in [0.15, 0.2) is 0 Å². The van der Waals surface area contributed by atoms with Crippen molar-refractivity contribution in [3.63, 3.8) is 0 Å². The molecule has 1 aromatic carbocycles. The fourth-order valence-electron chi connectivity index (χ4n) is 3.38. The summed E-state index contributed by atoms with van der Waals surface area (Å²) >= 11 is 0. The van der Waals surface area contributed by atoms with Gasteiger partial charge in [0.25, 0.3) is 0 Å². The Morgan fingerprint density at radius 3 is 2.26 bits per heavy atom. The minimum absolute atomic E-state index is 0.0911. The van der Waals surface area contributed by atoms with E-state index in [0.717, 1.165) is 0 Å². The van der Waals surface area contributed by atoms with E-state index >= 15 is 0 Å². The minimum Gasteiger partial charge on any atom is -0.453 e. The second kappa shape index (κ2) is 12.0. The lowest BCUT2D eigenvalue weighted by atomic mass is 9.98. The Bertz CT molecular complexity index is 822. The van der Waals surface area contributed by atoms with E-state index in [1.807, 2.05) is 0 Å². The molecule has 2 rings (SSSR count). The molecule has 11 heteroatoms. The molecule has 1 saturated heterocycles. The van der Waals surface area contributed by atoms with Gasteiger partial charge in [-0.05, 0) is 37.1 Å². The van der Waals surface area contributed by atoms with Crippen molar-refractivity contribution in [2.75, 3.05) is 66.0 Å². The molecule has 1 N–H and O–H groups in total. The Kier molecular flexibility index (Phi) is 9.69. The van der Waals surface area contributed by atoms with E-state index in [-0.39, 0.29) is 17.3 Å². The number of sulfonamides is 1. The third-order valence-corrected chi connectivity index (χ3v) is 6.98. The quantitative estimate of drug-likeness (QED) is 0.565. The van der Waals surface area contributed by atoms with Crippen LogP contribution in [0.15, 0.2) is 29.2 Å². The predicted molar refractivity (Wildman–Crippen MR) is 114 cm³/mol. The molecular formula is C20H31N3O7S. The van der Waals surface area contributed by atoms with Gasteiger partial charge in [-0.15, -0.1) is 0 Å². The number of nitrogens with zero attached hydrogens (tertiary/aromatic N) is 2. The highest BCUT2D eigenvalue weighted by Gasteiger charge is 2.35. The van der Waals surface area contributed by atoms with E-state index in [4.69, 9.17) is 9.47 Å². The summed E-state index contributed by atoms with van der Waals surface area (Å²) < 4.78 is 42.3. The Hall–Kier alpha value is -2.21. The monoisotopic (exact) mass is 457 g/mol. The largest absolute Gasteiger partial charge is 0.453 e. The normalized spacial score (nSPS) is 17.2. The maximum atomic E-state index is 13.1. The summed E-state index contributed by atoms with van der Waals surface area (Å²) in [4.78, 5) is 26.1. The van der Waals surface area contributed by atoms with Gasteiger partial charge in [0, 0.05) is 46.1 Å². The van der Waals surface area contributed by atoms with Crippen molar-refractivity contribution >= 4 is 27.7 Å². The van der Waals surface area contributed by atoms with Gasteiger partial charge >= 0.3 is 6.09 Å². The average molecular weight is 458 g/mol. The summed E-state index contributed by atoms with van der Waals surface area (Å²) in [5.74, 6) is -0.510. The number of benzene rings is 1. The fraction of sp³-hybridized carbons (Fsp3) is 0.600. The van der Waals surface area contributed by atoms with Crippen LogP contribution in [0.2, 0.25) is 0 Å². The summed E-state index contributed by atoms with van der Waals surface area (Å²) in [6, 6.07) is 5.84. The molecule has 1 heterocycles. The molecule has 174 valence electrons. The van der Waals surface area contributed by atoms with Gasteiger partial charge in [0.1, 0.15) is 0 Å². The summed E-state index contributed by atoms with van der Waals surface area (Å²) in [5, 5.41) is 2.48. The van der Waals surface area contributed by atoms with Gasteiger partial charge in [-0.2, -0.15) is 4.31 Å². The summed E-state index contributed by atoms with van der Waals surface area (Å²) in [6.07, 6.45) is 0.586. The Labute approximate surface area is 183 Å². The molecule has 0 aromatic heterocycles. The Balaban J connectivity index is 2.10. The first-order valence-corrected chi connectivity index (χ1v) is 11.5. The van der Waals surface area contributed by atoms with Crippen LogP contribution in [-0.2, 0) is 29.0 Å². The number of piperidine rings is 1. The molecule has 0 radical (unpaired) electrons. The van der Waals surface area contributed by atoms with Crippen LogP contribution in [0.3, 0.4) is 0 Å². The lowest BCUT2D eigenvalue weighted by Gasteiger charge is -2.34. The van der Waals surface area contributed by atoms with Gasteiger partial charge in [0.2, 0.25) is 15.9 Å². The predicted octanol–water partition coefficient (Wildman–Crippen LogP) is 1.39. The van der Waals surface area contributed by atoms with Gasteiger partial charge in [-0.3, -0.25) is 10.1 Å². The molecule has 31 heavy (non-hydrogen) atoms. The molecule has 0 unspecified atom stereocenters. The summed E-state index contributed by atoms with van der Waals surface area (Å²) in [6.45, 7) is 2.13. The van der Waals surface area contributed by atoms with Crippen LogP contribution < -0.4 is 5.32 Å². The van der Waals surface area contributed by atoms with Crippen molar-refractivity contribution in [2.24, 2.45) is 5.92 Å². The molecule has 0 aliphatic carbocycles. The minimum atomic E-state index is -3.77. The number of hydrogen-bond acceptors (Lipinski definition) is 7. The van der Waals surface area contributed by atoms with E-state index < -0.39 is 22.0 Å². The first-order chi connectivity index (χ1) is 14.8. The van der Waals surface area contributed by atoms with Crippen molar-refractivity contribution in [3.8, 4) is 0 Å². The molecule has 0 bridgehead atoms.